The van der Waals surface area contributed by atoms with Gasteiger partial charge in [0.1, 0.15) is 23.7 Å². The fourth-order valence-electron chi connectivity index (χ4n) is 6.34. The van der Waals surface area contributed by atoms with E-state index in [1.165, 1.54) is 19.0 Å². The van der Waals surface area contributed by atoms with Gasteiger partial charge in [-0.2, -0.15) is 0 Å². The van der Waals surface area contributed by atoms with E-state index in [1.807, 2.05) is 55.5 Å². The van der Waals surface area contributed by atoms with Crippen molar-refractivity contribution in [2.45, 2.75) is 95.8 Å². The van der Waals surface area contributed by atoms with Crippen LogP contribution in [0.15, 0.2) is 53.5 Å². The van der Waals surface area contributed by atoms with Gasteiger partial charge in [-0.25, -0.2) is 0 Å². The van der Waals surface area contributed by atoms with E-state index in [-0.39, 0.29) is 50.0 Å². The van der Waals surface area contributed by atoms with Gasteiger partial charge in [0.2, 0.25) is 29.5 Å². The van der Waals surface area contributed by atoms with Gasteiger partial charge in [0.15, 0.2) is 5.96 Å². The molecule has 1 aliphatic carbocycles. The number of fused-ring (bicyclic) bond motifs is 1. The van der Waals surface area contributed by atoms with Gasteiger partial charge in [0.25, 0.3) is 0 Å². The first-order chi connectivity index (χ1) is 23.3. The Morgan fingerprint density at radius 3 is 2.31 bits per heavy atom. The molecule has 49 heavy (non-hydrogen) atoms. The molecule has 2 aromatic rings. The third kappa shape index (κ3) is 10.3. The predicted molar refractivity (Wildman–Crippen MR) is 189 cm³/mol. The monoisotopic (exact) mass is 676 g/mol. The fourth-order valence-corrected chi connectivity index (χ4v) is 6.34. The molecule has 0 spiro atoms. The molecule has 0 saturated carbocycles. The Bertz CT molecular complexity index is 1510. The highest BCUT2D eigenvalue weighted by molar-refractivity contribution is 5.97. The lowest BCUT2D eigenvalue weighted by atomic mass is 9.75. The number of hydrogen-bond donors (Lipinski definition) is 6. The van der Waals surface area contributed by atoms with Crippen LogP contribution in [0.25, 0.3) is 0 Å². The number of benzene rings is 2. The number of rotatable bonds is 16. The third-order valence-corrected chi connectivity index (χ3v) is 9.15. The molecule has 0 saturated heterocycles. The molecule has 0 radical (unpaired) electrons. The minimum absolute atomic E-state index is 0.0927. The maximum atomic E-state index is 14.3. The summed E-state index contributed by atoms with van der Waals surface area (Å²) in [7, 11) is 3.02. The molecule has 266 valence electrons. The Labute approximate surface area is 289 Å². The standard InChI is InChI=1S/C36H52N8O5/c1-6-29(32(47)39-4)44(5)33(48)27(17-12-20-40-35(37)38)41-31(46)28(21-24-14-9-8-10-15-24)42-34(49)36(43-30(45)7-2)19-18-26-23(3)13-11-16-25(26)22-36/h8-11,13-16,27-29H,6-7,12,17-22H2,1-5H3,(H,39,47)(H,41,46)(H,42,49)(H,43,45)(H4,37,38,40)/t27-,28+,29-,36?/m0/s1. The summed E-state index contributed by atoms with van der Waals surface area (Å²) in [6, 6.07) is 12.3. The molecule has 1 unspecified atom stereocenters. The Hall–Kier alpha value is -4.94. The van der Waals surface area contributed by atoms with E-state index < -0.39 is 41.4 Å². The number of nitrogens with two attached hydrogens (primary N) is 2. The summed E-state index contributed by atoms with van der Waals surface area (Å²) in [6.45, 7) is 5.77. The summed E-state index contributed by atoms with van der Waals surface area (Å²) in [4.78, 5) is 73.0. The maximum absolute atomic E-state index is 14.3. The van der Waals surface area contributed by atoms with Crippen LogP contribution >= 0.6 is 0 Å². The highest BCUT2D eigenvalue weighted by Crippen LogP contribution is 2.31. The van der Waals surface area contributed by atoms with Crippen LogP contribution in [0.3, 0.4) is 0 Å². The first-order valence-electron chi connectivity index (χ1n) is 16.9. The van der Waals surface area contributed by atoms with Crippen molar-refractivity contribution in [2.75, 3.05) is 20.6 Å². The van der Waals surface area contributed by atoms with Crippen molar-refractivity contribution in [1.29, 1.82) is 0 Å². The van der Waals surface area contributed by atoms with Gasteiger partial charge in [-0.05, 0) is 61.3 Å². The van der Waals surface area contributed by atoms with Crippen LogP contribution in [0.2, 0.25) is 0 Å². The third-order valence-electron chi connectivity index (χ3n) is 9.15. The summed E-state index contributed by atoms with van der Waals surface area (Å²) in [5, 5.41) is 11.4. The molecular weight excluding hydrogens is 624 g/mol. The van der Waals surface area contributed by atoms with Crippen molar-refractivity contribution in [3.63, 3.8) is 0 Å². The van der Waals surface area contributed by atoms with Gasteiger partial charge in [0, 0.05) is 39.9 Å². The quantitative estimate of drug-likeness (QED) is 0.0865. The molecule has 8 N–H and O–H groups in total. The lowest BCUT2D eigenvalue weighted by Crippen LogP contribution is -2.65. The molecule has 2 aromatic carbocycles. The number of hydrogen-bond acceptors (Lipinski definition) is 6. The molecule has 4 atom stereocenters. The van der Waals surface area contributed by atoms with Crippen LogP contribution in [0, 0.1) is 6.92 Å². The molecule has 1 aliphatic rings. The van der Waals surface area contributed by atoms with Crippen molar-refractivity contribution < 1.29 is 24.0 Å². The van der Waals surface area contributed by atoms with E-state index >= 15 is 0 Å². The fraction of sp³-hybridized carbons (Fsp3) is 0.500. The molecule has 3 rings (SSSR count). The number of nitrogens with one attached hydrogen (secondary N) is 4. The summed E-state index contributed by atoms with van der Waals surface area (Å²) in [6.07, 6.45) is 2.43. The number of nitrogens with zero attached hydrogens (tertiary/aromatic N) is 2. The second-order valence-corrected chi connectivity index (χ2v) is 12.6. The van der Waals surface area contributed by atoms with Crippen LogP contribution < -0.4 is 32.7 Å². The normalized spacial score (nSPS) is 16.9. The van der Waals surface area contributed by atoms with Gasteiger partial charge in [-0.15, -0.1) is 0 Å². The molecule has 13 nitrogen and oxygen atoms in total. The maximum Gasteiger partial charge on any atom is 0.246 e. The van der Waals surface area contributed by atoms with Crippen molar-refractivity contribution in [3.05, 3.63) is 70.8 Å². The van der Waals surface area contributed by atoms with E-state index in [4.69, 9.17) is 11.5 Å². The van der Waals surface area contributed by atoms with E-state index in [2.05, 4.69) is 26.3 Å². The summed E-state index contributed by atoms with van der Waals surface area (Å²) < 4.78 is 0. The number of likely N-dealkylation sites (N-methyl/N-ethyl adjacent to an activating group) is 2. The van der Waals surface area contributed by atoms with Gasteiger partial charge in [-0.1, -0.05) is 62.4 Å². The van der Waals surface area contributed by atoms with E-state index in [0.29, 0.717) is 25.7 Å². The molecule has 0 fully saturated rings. The number of carbonyl (C=O) groups excluding carboxylic acids is 5. The first-order valence-corrected chi connectivity index (χ1v) is 16.9. The Balaban J connectivity index is 1.95. The first kappa shape index (κ1) is 38.5. The number of aryl methyl sites for hydroxylation is 1. The van der Waals surface area contributed by atoms with Gasteiger partial charge >= 0.3 is 0 Å². The Kier molecular flexibility index (Phi) is 14.1. The van der Waals surface area contributed by atoms with Gasteiger partial charge in [0.05, 0.1) is 0 Å². The molecule has 5 amide bonds. The SMILES string of the molecule is CCC(=O)NC1(C(=O)N[C@H](Cc2ccccc2)C(=O)N[C@@H](CCCN=C(N)N)C(=O)N(C)[C@@H](CC)C(=O)NC)CCc2c(C)cccc2C1. The highest BCUT2D eigenvalue weighted by Gasteiger charge is 2.44. The molecule has 0 aliphatic heterocycles. The average Bonchev–Trinajstić information content (AvgIpc) is 3.09. The Morgan fingerprint density at radius 2 is 1.67 bits per heavy atom. The van der Waals surface area contributed by atoms with Crippen LogP contribution in [-0.2, 0) is 43.2 Å². The summed E-state index contributed by atoms with van der Waals surface area (Å²) in [5.74, 6) is -2.22. The number of carbonyl (C=O) groups is 5. The average molecular weight is 677 g/mol. The minimum Gasteiger partial charge on any atom is -0.370 e. The predicted octanol–water partition coefficient (Wildman–Crippen LogP) is 0.998. The van der Waals surface area contributed by atoms with Gasteiger partial charge < -0.3 is 37.6 Å². The number of aliphatic imine (C=N–C) groups is 1. The van der Waals surface area contributed by atoms with E-state index in [1.54, 1.807) is 13.8 Å². The van der Waals surface area contributed by atoms with Gasteiger partial charge in [-0.3, -0.25) is 29.0 Å². The molecule has 13 heteroatoms. The molecule has 0 heterocycles. The van der Waals surface area contributed by atoms with Crippen LogP contribution in [0.5, 0.6) is 0 Å². The zero-order valence-corrected chi connectivity index (χ0v) is 29.3. The lowest BCUT2D eigenvalue weighted by molar-refractivity contribution is -0.142. The van der Waals surface area contributed by atoms with Crippen molar-refractivity contribution >= 4 is 35.5 Å². The summed E-state index contributed by atoms with van der Waals surface area (Å²) >= 11 is 0. The van der Waals surface area contributed by atoms with E-state index in [0.717, 1.165) is 22.3 Å². The number of amides is 5. The smallest absolute Gasteiger partial charge is 0.246 e. The number of guanidine groups is 1. The largest absolute Gasteiger partial charge is 0.370 e. The molecule has 0 bridgehead atoms. The highest BCUT2D eigenvalue weighted by atomic mass is 16.2. The van der Waals surface area contributed by atoms with Crippen molar-refractivity contribution in [2.24, 2.45) is 16.5 Å². The van der Waals surface area contributed by atoms with Crippen LogP contribution in [0.1, 0.15) is 68.2 Å². The van der Waals surface area contributed by atoms with Crippen LogP contribution in [0.4, 0.5) is 0 Å². The molecular formula is C36H52N8O5. The van der Waals surface area contributed by atoms with Crippen molar-refractivity contribution in [3.8, 4) is 0 Å². The zero-order valence-electron chi connectivity index (χ0n) is 29.3. The summed E-state index contributed by atoms with van der Waals surface area (Å²) in [5.41, 5.74) is 13.7. The van der Waals surface area contributed by atoms with Crippen LogP contribution in [-0.4, -0.2) is 84.7 Å². The molecule has 0 aromatic heterocycles. The topological polar surface area (TPSA) is 201 Å². The van der Waals surface area contributed by atoms with E-state index in [9.17, 15) is 24.0 Å². The lowest BCUT2D eigenvalue weighted by Gasteiger charge is -2.39. The second kappa shape index (κ2) is 18.0. The Morgan fingerprint density at radius 1 is 0.959 bits per heavy atom. The second-order valence-electron chi connectivity index (χ2n) is 12.6. The minimum atomic E-state index is -1.28. The van der Waals surface area contributed by atoms with Crippen molar-refractivity contribution in [1.82, 2.24) is 26.2 Å². The zero-order chi connectivity index (χ0) is 36.1.